The van der Waals surface area contributed by atoms with E-state index < -0.39 is 0 Å². The number of furan rings is 1. The molecule has 0 amide bonds. The van der Waals surface area contributed by atoms with E-state index in [1.165, 1.54) is 17.8 Å². The summed E-state index contributed by atoms with van der Waals surface area (Å²) in [4.78, 5) is 4.72. The highest BCUT2D eigenvalue weighted by molar-refractivity contribution is 7.09. The third-order valence-electron chi connectivity index (χ3n) is 3.81. The Morgan fingerprint density at radius 1 is 1.35 bits per heavy atom. The number of para-hydroxylation sites is 1. The average molecular weight is 284 g/mol. The van der Waals surface area contributed by atoms with Crippen LogP contribution in [0.4, 0.5) is 0 Å². The van der Waals surface area contributed by atoms with E-state index in [1.54, 1.807) is 11.3 Å². The smallest absolute Gasteiger partial charge is 0.154 e. The first-order chi connectivity index (χ1) is 9.88. The largest absolute Gasteiger partial charge is 0.454 e. The lowest BCUT2D eigenvalue weighted by atomic mass is 10.2. The Bertz CT molecular complexity index is 692. The predicted octanol–water partition coefficient (Wildman–Crippen LogP) is 3.85. The molecule has 1 unspecified atom stereocenters. The Balaban J connectivity index is 1.60. The van der Waals surface area contributed by atoms with Crippen LogP contribution in [0, 0.1) is 0 Å². The van der Waals surface area contributed by atoms with E-state index in [9.17, 15) is 0 Å². The second-order valence-electron chi connectivity index (χ2n) is 5.27. The van der Waals surface area contributed by atoms with Gasteiger partial charge in [0.25, 0.3) is 0 Å². The maximum atomic E-state index is 5.87. The summed E-state index contributed by atoms with van der Waals surface area (Å²) in [6.07, 6.45) is 3.58. The van der Waals surface area contributed by atoms with E-state index in [-0.39, 0.29) is 0 Å². The maximum Gasteiger partial charge on any atom is 0.154 e. The number of thiazole rings is 1. The van der Waals surface area contributed by atoms with Gasteiger partial charge in [-0.3, -0.25) is 0 Å². The number of benzene rings is 1. The van der Waals surface area contributed by atoms with E-state index in [0.29, 0.717) is 6.04 Å². The van der Waals surface area contributed by atoms with Gasteiger partial charge in [-0.2, -0.15) is 0 Å². The van der Waals surface area contributed by atoms with Crippen LogP contribution in [0.5, 0.6) is 0 Å². The molecule has 2 aromatic heterocycles. The minimum atomic E-state index is 0.602. The summed E-state index contributed by atoms with van der Waals surface area (Å²) in [6, 6.07) is 10.8. The topological polar surface area (TPSA) is 38.1 Å². The highest BCUT2D eigenvalue weighted by Gasteiger charge is 2.17. The van der Waals surface area contributed by atoms with Gasteiger partial charge in [0.15, 0.2) is 5.76 Å². The lowest BCUT2D eigenvalue weighted by molar-refractivity contribution is 0.600. The Hall–Kier alpha value is -1.65. The van der Waals surface area contributed by atoms with Gasteiger partial charge in [-0.15, -0.1) is 11.3 Å². The molecule has 3 heterocycles. The average Bonchev–Trinajstić information content (AvgIpc) is 3.18. The van der Waals surface area contributed by atoms with Gasteiger partial charge in [-0.1, -0.05) is 18.2 Å². The van der Waals surface area contributed by atoms with Crippen molar-refractivity contribution in [1.29, 1.82) is 0 Å². The van der Waals surface area contributed by atoms with Crippen LogP contribution in [-0.2, 0) is 6.42 Å². The lowest BCUT2D eigenvalue weighted by Gasteiger charge is -2.06. The third kappa shape index (κ3) is 2.25. The summed E-state index contributed by atoms with van der Waals surface area (Å²) in [5.41, 5.74) is 1.88. The molecule has 4 rings (SSSR count). The normalized spacial score (nSPS) is 18.9. The van der Waals surface area contributed by atoms with E-state index in [2.05, 4.69) is 22.8 Å². The molecule has 1 aliphatic rings. The van der Waals surface area contributed by atoms with Crippen molar-refractivity contribution in [3.63, 3.8) is 0 Å². The molecule has 0 bridgehead atoms. The van der Waals surface area contributed by atoms with Crippen LogP contribution in [0.3, 0.4) is 0 Å². The maximum absolute atomic E-state index is 5.87. The summed E-state index contributed by atoms with van der Waals surface area (Å²) >= 11 is 1.73. The molecule has 1 N–H and O–H groups in total. The summed E-state index contributed by atoms with van der Waals surface area (Å²) in [7, 11) is 0. The molecule has 0 radical (unpaired) electrons. The molecule has 0 aliphatic carbocycles. The Morgan fingerprint density at radius 3 is 3.15 bits per heavy atom. The second-order valence-corrected chi connectivity index (χ2v) is 6.22. The van der Waals surface area contributed by atoms with Gasteiger partial charge in [0.1, 0.15) is 11.3 Å². The number of nitrogens with one attached hydrogen (secondary N) is 1. The molecular weight excluding hydrogens is 268 g/mol. The number of hydrogen-bond acceptors (Lipinski definition) is 4. The van der Waals surface area contributed by atoms with Crippen molar-refractivity contribution >= 4 is 22.3 Å². The van der Waals surface area contributed by atoms with Crippen molar-refractivity contribution in [2.45, 2.75) is 25.3 Å². The van der Waals surface area contributed by atoms with Crippen molar-refractivity contribution in [2.24, 2.45) is 0 Å². The summed E-state index contributed by atoms with van der Waals surface area (Å²) in [5.74, 6) is 0.869. The first-order valence-electron chi connectivity index (χ1n) is 7.05. The number of aromatic nitrogens is 1. The molecule has 4 heteroatoms. The molecule has 1 aromatic carbocycles. The molecule has 1 aliphatic heterocycles. The van der Waals surface area contributed by atoms with E-state index in [0.717, 1.165) is 35.4 Å². The van der Waals surface area contributed by atoms with E-state index >= 15 is 0 Å². The van der Waals surface area contributed by atoms with Gasteiger partial charge in [0, 0.05) is 23.2 Å². The van der Waals surface area contributed by atoms with Crippen molar-refractivity contribution in [3.05, 3.63) is 40.7 Å². The summed E-state index contributed by atoms with van der Waals surface area (Å²) in [6.45, 7) is 1.15. The van der Waals surface area contributed by atoms with Gasteiger partial charge >= 0.3 is 0 Å². The molecule has 3 aromatic rings. The highest BCUT2D eigenvalue weighted by atomic mass is 32.1. The molecule has 20 heavy (non-hydrogen) atoms. The summed E-state index contributed by atoms with van der Waals surface area (Å²) < 4.78 is 5.87. The molecular formula is C16H16N2OS. The monoisotopic (exact) mass is 284 g/mol. The molecule has 102 valence electrons. The van der Waals surface area contributed by atoms with E-state index in [1.807, 2.05) is 18.2 Å². The zero-order valence-electron chi connectivity index (χ0n) is 11.1. The third-order valence-corrected chi connectivity index (χ3v) is 4.68. The Kier molecular flexibility index (Phi) is 3.05. The van der Waals surface area contributed by atoms with Gasteiger partial charge in [0.2, 0.25) is 0 Å². The Labute approximate surface area is 121 Å². The SMILES string of the molecule is c1ccc2oc(-c3csc(CC4CCCN4)n3)cc2c1. The lowest BCUT2D eigenvalue weighted by Crippen LogP contribution is -2.23. The standard InChI is InChI=1S/C16H16N2OS/c1-2-6-14-11(4-1)8-15(19-14)13-10-20-16(18-13)9-12-5-3-7-17-12/h1-2,4,6,8,10,12,17H,3,5,7,9H2. The fourth-order valence-corrected chi connectivity index (χ4v) is 3.63. The van der Waals surface area contributed by atoms with Crippen LogP contribution in [0.15, 0.2) is 40.1 Å². The van der Waals surface area contributed by atoms with Crippen molar-refractivity contribution in [1.82, 2.24) is 10.3 Å². The number of hydrogen-bond donors (Lipinski definition) is 1. The quantitative estimate of drug-likeness (QED) is 0.794. The minimum Gasteiger partial charge on any atom is -0.454 e. The first kappa shape index (κ1) is 12.1. The van der Waals surface area contributed by atoms with Crippen molar-refractivity contribution in [2.75, 3.05) is 6.54 Å². The van der Waals surface area contributed by atoms with Crippen LogP contribution in [-0.4, -0.2) is 17.6 Å². The number of rotatable bonds is 3. The van der Waals surface area contributed by atoms with Gasteiger partial charge < -0.3 is 9.73 Å². The fraction of sp³-hybridized carbons (Fsp3) is 0.312. The highest BCUT2D eigenvalue weighted by Crippen LogP contribution is 2.29. The Morgan fingerprint density at radius 2 is 2.30 bits per heavy atom. The molecule has 0 saturated carbocycles. The molecule has 1 saturated heterocycles. The van der Waals surface area contributed by atoms with Crippen molar-refractivity contribution < 1.29 is 4.42 Å². The van der Waals surface area contributed by atoms with Crippen LogP contribution in [0.25, 0.3) is 22.4 Å². The minimum absolute atomic E-state index is 0.602. The van der Waals surface area contributed by atoms with Crippen LogP contribution < -0.4 is 5.32 Å². The van der Waals surface area contributed by atoms with Crippen LogP contribution >= 0.6 is 11.3 Å². The second kappa shape index (κ2) is 5.04. The molecule has 3 nitrogen and oxygen atoms in total. The number of fused-ring (bicyclic) bond motifs is 1. The van der Waals surface area contributed by atoms with Gasteiger partial charge in [-0.25, -0.2) is 4.98 Å². The molecule has 1 fully saturated rings. The van der Waals surface area contributed by atoms with Gasteiger partial charge in [-0.05, 0) is 31.5 Å². The first-order valence-corrected chi connectivity index (χ1v) is 7.93. The molecule has 1 atom stereocenters. The fourth-order valence-electron chi connectivity index (χ4n) is 2.77. The zero-order chi connectivity index (χ0) is 13.4. The van der Waals surface area contributed by atoms with Crippen LogP contribution in [0.1, 0.15) is 17.8 Å². The van der Waals surface area contributed by atoms with Crippen molar-refractivity contribution in [3.8, 4) is 11.5 Å². The van der Waals surface area contributed by atoms with Crippen LogP contribution in [0.2, 0.25) is 0 Å². The number of nitrogens with zero attached hydrogens (tertiary/aromatic N) is 1. The van der Waals surface area contributed by atoms with E-state index in [4.69, 9.17) is 9.40 Å². The predicted molar refractivity (Wildman–Crippen MR) is 82.1 cm³/mol. The zero-order valence-corrected chi connectivity index (χ0v) is 12.0. The van der Waals surface area contributed by atoms with Gasteiger partial charge in [0.05, 0.1) is 5.01 Å². The molecule has 0 spiro atoms. The summed E-state index contributed by atoms with van der Waals surface area (Å²) in [5, 5.41) is 7.95.